The maximum Gasteiger partial charge on any atom is 0.247 e. The quantitative estimate of drug-likeness (QED) is 0.577. The first-order valence-corrected chi connectivity index (χ1v) is 10.5. The van der Waals surface area contributed by atoms with Crippen molar-refractivity contribution in [3.63, 3.8) is 0 Å². The fourth-order valence-electron chi connectivity index (χ4n) is 3.88. The Morgan fingerprint density at radius 1 is 1.17 bits per heavy atom. The molecule has 1 amide bonds. The number of fused-ring (bicyclic) bond motifs is 1. The fourth-order valence-corrected chi connectivity index (χ4v) is 3.88. The number of likely N-dealkylation sites (tertiary alicyclic amines) is 1. The van der Waals surface area contributed by atoms with Crippen LogP contribution in [0.25, 0.3) is 17.1 Å². The maximum atomic E-state index is 12.9. The predicted molar refractivity (Wildman–Crippen MR) is 118 cm³/mol. The van der Waals surface area contributed by atoms with E-state index in [1.54, 1.807) is 6.08 Å². The summed E-state index contributed by atoms with van der Waals surface area (Å²) in [5.41, 5.74) is 2.83. The Labute approximate surface area is 176 Å². The van der Waals surface area contributed by atoms with Crippen molar-refractivity contribution in [1.29, 1.82) is 0 Å². The third-order valence-electron chi connectivity index (χ3n) is 5.25. The number of H-pyrrole nitrogens is 1. The molecule has 2 aromatic carbocycles. The minimum Gasteiger partial charge on any atom is -0.490 e. The Balaban J connectivity index is 1.51. The first kappa shape index (κ1) is 20.0. The molecule has 1 atom stereocenters. The molecule has 30 heavy (non-hydrogen) atoms. The van der Waals surface area contributed by atoms with Crippen molar-refractivity contribution in [1.82, 2.24) is 14.9 Å². The summed E-state index contributed by atoms with van der Waals surface area (Å²) in [5, 5.41) is 0. The van der Waals surface area contributed by atoms with Crippen molar-refractivity contribution in [2.75, 3.05) is 19.8 Å². The molecule has 156 valence electrons. The van der Waals surface area contributed by atoms with Gasteiger partial charge in [-0.3, -0.25) is 4.79 Å². The molecule has 1 unspecified atom stereocenters. The molecule has 3 aromatic rings. The molecule has 1 fully saturated rings. The zero-order chi connectivity index (χ0) is 20.9. The van der Waals surface area contributed by atoms with Gasteiger partial charge in [-0.1, -0.05) is 18.2 Å². The van der Waals surface area contributed by atoms with Crippen molar-refractivity contribution < 1.29 is 14.3 Å². The topological polar surface area (TPSA) is 67.5 Å². The smallest absolute Gasteiger partial charge is 0.247 e. The first-order chi connectivity index (χ1) is 14.7. The number of aromatic amines is 1. The Bertz CT molecular complexity index is 1020. The van der Waals surface area contributed by atoms with Crippen LogP contribution in [0.4, 0.5) is 0 Å². The molecule has 0 aliphatic carbocycles. The number of amides is 1. The highest BCUT2D eigenvalue weighted by Crippen LogP contribution is 2.32. The van der Waals surface area contributed by atoms with E-state index in [0.29, 0.717) is 24.7 Å². The number of carbonyl (C=O) groups excluding carboxylic acids is 1. The first-order valence-electron chi connectivity index (χ1n) is 10.5. The molecule has 1 N–H and O–H groups in total. The minimum atomic E-state index is -0.0196. The van der Waals surface area contributed by atoms with Crippen LogP contribution in [0, 0.1) is 0 Å². The van der Waals surface area contributed by atoms with Crippen LogP contribution < -0.4 is 9.47 Å². The number of benzene rings is 2. The summed E-state index contributed by atoms with van der Waals surface area (Å²) in [6, 6.07) is 13.6. The second-order valence-electron chi connectivity index (χ2n) is 7.23. The monoisotopic (exact) mass is 405 g/mol. The number of imidazole rings is 1. The normalized spacial score (nSPS) is 16.5. The maximum absolute atomic E-state index is 12.9. The molecular weight excluding hydrogens is 378 g/mol. The number of rotatable bonds is 7. The summed E-state index contributed by atoms with van der Waals surface area (Å²) in [4.78, 5) is 22.9. The lowest BCUT2D eigenvalue weighted by Gasteiger charge is -2.21. The number of hydrogen-bond acceptors (Lipinski definition) is 4. The van der Waals surface area contributed by atoms with E-state index in [1.165, 1.54) is 0 Å². The van der Waals surface area contributed by atoms with E-state index < -0.39 is 0 Å². The van der Waals surface area contributed by atoms with Crippen molar-refractivity contribution >= 4 is 23.0 Å². The van der Waals surface area contributed by atoms with E-state index in [0.717, 1.165) is 41.8 Å². The zero-order valence-corrected chi connectivity index (χ0v) is 17.4. The number of aromatic nitrogens is 2. The Kier molecular flexibility index (Phi) is 6.02. The van der Waals surface area contributed by atoms with E-state index in [1.807, 2.05) is 67.3 Å². The largest absolute Gasteiger partial charge is 0.490 e. The summed E-state index contributed by atoms with van der Waals surface area (Å²) in [7, 11) is 0. The van der Waals surface area contributed by atoms with Gasteiger partial charge in [0.2, 0.25) is 5.91 Å². The van der Waals surface area contributed by atoms with E-state index >= 15 is 0 Å². The summed E-state index contributed by atoms with van der Waals surface area (Å²) in [5.74, 6) is 2.25. The Morgan fingerprint density at radius 3 is 2.77 bits per heavy atom. The molecule has 1 saturated heterocycles. The summed E-state index contributed by atoms with van der Waals surface area (Å²) < 4.78 is 11.3. The minimum absolute atomic E-state index is 0.00944. The van der Waals surface area contributed by atoms with Crippen LogP contribution >= 0.6 is 0 Å². The van der Waals surface area contributed by atoms with E-state index in [9.17, 15) is 4.79 Å². The highest BCUT2D eigenvalue weighted by Gasteiger charge is 2.31. The summed E-state index contributed by atoms with van der Waals surface area (Å²) >= 11 is 0. The van der Waals surface area contributed by atoms with Crippen LogP contribution in [0.3, 0.4) is 0 Å². The Morgan fingerprint density at radius 2 is 1.97 bits per heavy atom. The fraction of sp³-hybridized carbons (Fsp3) is 0.333. The van der Waals surface area contributed by atoms with Gasteiger partial charge in [0.1, 0.15) is 5.82 Å². The predicted octanol–water partition coefficient (Wildman–Crippen LogP) is 4.74. The van der Waals surface area contributed by atoms with Gasteiger partial charge in [0, 0.05) is 12.6 Å². The van der Waals surface area contributed by atoms with Crippen molar-refractivity contribution in [2.45, 2.75) is 32.7 Å². The second-order valence-corrected chi connectivity index (χ2v) is 7.23. The molecule has 0 saturated carbocycles. The highest BCUT2D eigenvalue weighted by atomic mass is 16.5. The van der Waals surface area contributed by atoms with Crippen molar-refractivity contribution in [2.24, 2.45) is 0 Å². The summed E-state index contributed by atoms with van der Waals surface area (Å²) in [6.45, 7) is 5.74. The molecule has 1 aliphatic heterocycles. The molecule has 0 spiro atoms. The van der Waals surface area contributed by atoms with Crippen LogP contribution in [0.5, 0.6) is 11.5 Å². The van der Waals surface area contributed by atoms with Crippen LogP contribution in [-0.2, 0) is 4.79 Å². The third kappa shape index (κ3) is 4.17. The van der Waals surface area contributed by atoms with Gasteiger partial charge >= 0.3 is 0 Å². The van der Waals surface area contributed by atoms with E-state index in [4.69, 9.17) is 14.5 Å². The number of hydrogen-bond donors (Lipinski definition) is 1. The number of nitrogens with one attached hydrogen (secondary N) is 1. The van der Waals surface area contributed by atoms with Crippen LogP contribution in [0.1, 0.15) is 44.1 Å². The van der Waals surface area contributed by atoms with Gasteiger partial charge in [0.05, 0.1) is 30.3 Å². The highest BCUT2D eigenvalue weighted by molar-refractivity contribution is 5.92. The molecular formula is C24H27N3O3. The molecule has 1 aliphatic rings. The van der Waals surface area contributed by atoms with Crippen molar-refractivity contribution in [3.8, 4) is 11.5 Å². The lowest BCUT2D eigenvalue weighted by Crippen LogP contribution is -2.29. The molecule has 6 nitrogen and oxygen atoms in total. The second kappa shape index (κ2) is 9.03. The zero-order valence-electron chi connectivity index (χ0n) is 17.4. The standard InChI is InChI=1S/C24H27N3O3/c1-3-29-21-13-11-17(16-22(21)30-4-2)12-14-23(28)27-15-7-10-20(27)24-25-18-8-5-6-9-19(18)26-24/h5-6,8-9,11-14,16,20H,3-4,7,10,15H2,1-2H3,(H,25,26)/b14-12+. The number of carbonyl (C=O) groups is 1. The number of nitrogens with zero attached hydrogens (tertiary/aromatic N) is 2. The molecule has 6 heteroatoms. The SMILES string of the molecule is CCOc1ccc(/C=C/C(=O)N2CCCC2c2nc3ccccc3[nH]2)cc1OCC. The van der Waals surface area contributed by atoms with Gasteiger partial charge in [-0.2, -0.15) is 0 Å². The summed E-state index contributed by atoms with van der Waals surface area (Å²) in [6.07, 6.45) is 5.34. The van der Waals surface area contributed by atoms with Crippen LogP contribution in [0.2, 0.25) is 0 Å². The average Bonchev–Trinajstić information content (AvgIpc) is 3.40. The van der Waals surface area contributed by atoms with Crippen LogP contribution in [-0.4, -0.2) is 40.5 Å². The van der Waals surface area contributed by atoms with Gasteiger partial charge in [0.15, 0.2) is 11.5 Å². The van der Waals surface area contributed by atoms with Gasteiger partial charge in [-0.15, -0.1) is 0 Å². The lowest BCUT2D eigenvalue weighted by molar-refractivity contribution is -0.126. The average molecular weight is 405 g/mol. The number of para-hydroxylation sites is 2. The van der Waals surface area contributed by atoms with E-state index in [-0.39, 0.29) is 11.9 Å². The molecule has 1 aromatic heterocycles. The lowest BCUT2D eigenvalue weighted by atomic mass is 10.1. The molecule has 4 rings (SSSR count). The van der Waals surface area contributed by atoms with Gasteiger partial charge in [0.25, 0.3) is 0 Å². The molecule has 0 bridgehead atoms. The van der Waals surface area contributed by atoms with Gasteiger partial charge in [-0.05, 0) is 62.6 Å². The van der Waals surface area contributed by atoms with Crippen molar-refractivity contribution in [3.05, 3.63) is 59.9 Å². The number of ether oxygens (including phenoxy) is 2. The molecule has 2 heterocycles. The Hall–Kier alpha value is -3.28. The van der Waals surface area contributed by atoms with Gasteiger partial charge < -0.3 is 19.4 Å². The van der Waals surface area contributed by atoms with Gasteiger partial charge in [-0.25, -0.2) is 4.98 Å². The van der Waals surface area contributed by atoms with E-state index in [2.05, 4.69) is 4.98 Å². The van der Waals surface area contributed by atoms with Crippen LogP contribution in [0.15, 0.2) is 48.5 Å². The molecule has 0 radical (unpaired) electrons. The third-order valence-corrected chi connectivity index (χ3v) is 5.25.